The first-order chi connectivity index (χ1) is 7.02. The largest absolute Gasteiger partial charge is 0.340 e. The summed E-state index contributed by atoms with van der Waals surface area (Å²) in [6.45, 7) is 6.32. The van der Waals surface area contributed by atoms with E-state index >= 15 is 0 Å². The van der Waals surface area contributed by atoms with Gasteiger partial charge in [0.1, 0.15) is 0 Å². The van der Waals surface area contributed by atoms with Crippen molar-refractivity contribution >= 4 is 11.6 Å². The van der Waals surface area contributed by atoms with E-state index in [1.807, 2.05) is 12.3 Å². The summed E-state index contributed by atoms with van der Waals surface area (Å²) >= 11 is 0. The highest BCUT2D eigenvalue weighted by atomic mass is 16.2. The van der Waals surface area contributed by atoms with Crippen LogP contribution in [-0.4, -0.2) is 30.1 Å². The Kier molecular flexibility index (Phi) is 3.83. The van der Waals surface area contributed by atoms with E-state index in [0.29, 0.717) is 6.54 Å². The minimum absolute atomic E-state index is 0.0661. The summed E-state index contributed by atoms with van der Waals surface area (Å²) in [6, 6.07) is 0. The van der Waals surface area contributed by atoms with Crippen LogP contribution in [0.4, 0.5) is 0 Å². The molecule has 0 aromatic carbocycles. The Morgan fingerprint density at radius 2 is 2.20 bits per heavy atom. The molecule has 0 fully saturated rings. The lowest BCUT2D eigenvalue weighted by molar-refractivity contribution is -0.126. The van der Waals surface area contributed by atoms with Gasteiger partial charge in [-0.3, -0.25) is 9.79 Å². The Morgan fingerprint density at radius 3 is 2.80 bits per heavy atom. The highest BCUT2D eigenvalue weighted by Crippen LogP contribution is 2.14. The molecule has 1 amide bonds. The summed E-state index contributed by atoms with van der Waals surface area (Å²) < 4.78 is 0. The molecule has 1 heterocycles. The first-order valence-electron chi connectivity index (χ1n) is 5.12. The van der Waals surface area contributed by atoms with Gasteiger partial charge in [-0.2, -0.15) is 0 Å². The van der Waals surface area contributed by atoms with E-state index in [1.54, 1.807) is 18.9 Å². The molecule has 0 spiro atoms. The third-order valence-corrected chi connectivity index (χ3v) is 2.76. The van der Waals surface area contributed by atoms with E-state index in [2.05, 4.69) is 18.8 Å². The molecule has 0 bridgehead atoms. The predicted octanol–water partition coefficient (Wildman–Crippen LogP) is 2.16. The predicted molar refractivity (Wildman–Crippen MR) is 62.9 cm³/mol. The van der Waals surface area contributed by atoms with Gasteiger partial charge in [-0.05, 0) is 25.8 Å². The molecule has 0 saturated carbocycles. The number of allylic oxidation sites excluding steroid dienone is 2. The van der Waals surface area contributed by atoms with Crippen LogP contribution in [0, 0.1) is 0 Å². The zero-order valence-corrected chi connectivity index (χ0v) is 9.87. The minimum Gasteiger partial charge on any atom is -0.340 e. The van der Waals surface area contributed by atoms with Crippen LogP contribution in [-0.2, 0) is 4.79 Å². The lowest BCUT2D eigenvalue weighted by Gasteiger charge is -2.17. The van der Waals surface area contributed by atoms with Crippen LogP contribution in [0.5, 0.6) is 0 Å². The first kappa shape index (κ1) is 11.7. The molecule has 3 heteroatoms. The van der Waals surface area contributed by atoms with Crippen LogP contribution in [0.15, 0.2) is 28.4 Å². The average Bonchev–Trinajstić information content (AvgIpc) is 2.33. The van der Waals surface area contributed by atoms with E-state index in [1.165, 1.54) is 11.1 Å². The van der Waals surface area contributed by atoms with Gasteiger partial charge >= 0.3 is 0 Å². The molecule has 0 aliphatic carbocycles. The van der Waals surface area contributed by atoms with Crippen LogP contribution in [0.1, 0.15) is 27.2 Å². The van der Waals surface area contributed by atoms with E-state index < -0.39 is 0 Å². The van der Waals surface area contributed by atoms with E-state index in [9.17, 15) is 4.79 Å². The summed E-state index contributed by atoms with van der Waals surface area (Å²) in [5.41, 5.74) is 3.51. The molecule has 82 valence electrons. The fourth-order valence-corrected chi connectivity index (χ4v) is 1.36. The Morgan fingerprint density at radius 1 is 1.53 bits per heavy atom. The molecule has 15 heavy (non-hydrogen) atoms. The zero-order chi connectivity index (χ0) is 11.4. The highest BCUT2D eigenvalue weighted by Gasteiger charge is 2.11. The number of hydrogen-bond donors (Lipinski definition) is 0. The minimum atomic E-state index is 0.0661. The van der Waals surface area contributed by atoms with Crippen molar-refractivity contribution in [1.82, 2.24) is 4.90 Å². The Hall–Kier alpha value is -1.38. The smallest absolute Gasteiger partial charge is 0.219 e. The number of carbonyl (C=O) groups is 1. The summed E-state index contributed by atoms with van der Waals surface area (Å²) in [5.74, 6) is 0.0661. The van der Waals surface area contributed by atoms with Gasteiger partial charge in [0.15, 0.2) is 0 Å². The molecular weight excluding hydrogens is 188 g/mol. The number of aliphatic imine (C=N–C) groups is 1. The Bertz CT molecular complexity index is 351. The highest BCUT2D eigenvalue weighted by molar-refractivity contribution is 6.03. The second kappa shape index (κ2) is 4.91. The maximum absolute atomic E-state index is 11.1. The van der Waals surface area contributed by atoms with E-state index in [-0.39, 0.29) is 5.91 Å². The van der Waals surface area contributed by atoms with E-state index in [0.717, 1.165) is 12.1 Å². The SMILES string of the molecule is CC(=O)N(C)CC1=NC=CCC(C)=C1C. The lowest BCUT2D eigenvalue weighted by atomic mass is 10.0. The summed E-state index contributed by atoms with van der Waals surface area (Å²) in [5, 5.41) is 0. The summed E-state index contributed by atoms with van der Waals surface area (Å²) in [4.78, 5) is 17.2. The van der Waals surface area contributed by atoms with Crippen molar-refractivity contribution in [2.45, 2.75) is 27.2 Å². The molecule has 0 radical (unpaired) electrons. The van der Waals surface area contributed by atoms with Crippen LogP contribution in [0.3, 0.4) is 0 Å². The van der Waals surface area contributed by atoms with Crippen LogP contribution >= 0.6 is 0 Å². The van der Waals surface area contributed by atoms with Crippen LogP contribution in [0.25, 0.3) is 0 Å². The van der Waals surface area contributed by atoms with Crippen molar-refractivity contribution in [2.24, 2.45) is 4.99 Å². The van der Waals surface area contributed by atoms with Gasteiger partial charge in [0, 0.05) is 20.2 Å². The van der Waals surface area contributed by atoms with Gasteiger partial charge in [0.25, 0.3) is 0 Å². The van der Waals surface area contributed by atoms with Crippen molar-refractivity contribution in [1.29, 1.82) is 0 Å². The van der Waals surface area contributed by atoms with Crippen LogP contribution < -0.4 is 0 Å². The van der Waals surface area contributed by atoms with Crippen molar-refractivity contribution in [2.75, 3.05) is 13.6 Å². The van der Waals surface area contributed by atoms with Crippen molar-refractivity contribution in [3.05, 3.63) is 23.4 Å². The number of carbonyl (C=O) groups excluding carboxylic acids is 1. The van der Waals surface area contributed by atoms with Crippen molar-refractivity contribution in [3.8, 4) is 0 Å². The molecule has 0 atom stereocenters. The van der Waals surface area contributed by atoms with Gasteiger partial charge in [0.05, 0.1) is 12.3 Å². The van der Waals surface area contributed by atoms with Gasteiger partial charge in [-0.1, -0.05) is 11.6 Å². The maximum atomic E-state index is 11.1. The second-order valence-electron chi connectivity index (χ2n) is 3.95. The molecule has 1 aliphatic rings. The van der Waals surface area contributed by atoms with Crippen LogP contribution in [0.2, 0.25) is 0 Å². The number of rotatable bonds is 2. The molecule has 0 unspecified atom stereocenters. The quantitative estimate of drug-likeness (QED) is 0.681. The number of nitrogens with zero attached hydrogens (tertiary/aromatic N) is 2. The zero-order valence-electron chi connectivity index (χ0n) is 9.87. The average molecular weight is 206 g/mol. The van der Waals surface area contributed by atoms with Crippen molar-refractivity contribution in [3.63, 3.8) is 0 Å². The monoisotopic (exact) mass is 206 g/mol. The lowest BCUT2D eigenvalue weighted by Crippen LogP contribution is -2.30. The molecule has 0 saturated heterocycles. The topological polar surface area (TPSA) is 32.7 Å². The maximum Gasteiger partial charge on any atom is 0.219 e. The van der Waals surface area contributed by atoms with Gasteiger partial charge in [-0.15, -0.1) is 0 Å². The Balaban J connectivity index is 2.84. The number of amides is 1. The van der Waals surface area contributed by atoms with Crippen molar-refractivity contribution < 1.29 is 4.79 Å². The molecule has 0 N–H and O–H groups in total. The third kappa shape index (κ3) is 3.05. The fraction of sp³-hybridized carbons (Fsp3) is 0.500. The summed E-state index contributed by atoms with van der Waals surface area (Å²) in [6.07, 6.45) is 4.81. The molecule has 0 aromatic rings. The molecule has 1 rings (SSSR count). The summed E-state index contributed by atoms with van der Waals surface area (Å²) in [7, 11) is 1.79. The van der Waals surface area contributed by atoms with Gasteiger partial charge < -0.3 is 4.90 Å². The van der Waals surface area contributed by atoms with E-state index in [4.69, 9.17) is 0 Å². The third-order valence-electron chi connectivity index (χ3n) is 2.76. The van der Waals surface area contributed by atoms with Gasteiger partial charge in [0.2, 0.25) is 5.91 Å². The molecule has 0 aromatic heterocycles. The molecular formula is C12H18N2O. The fourth-order valence-electron chi connectivity index (χ4n) is 1.36. The first-order valence-corrected chi connectivity index (χ1v) is 5.12. The molecule has 3 nitrogen and oxygen atoms in total. The second-order valence-corrected chi connectivity index (χ2v) is 3.95. The normalized spacial score (nSPS) is 16.1. The molecule has 1 aliphatic heterocycles. The number of hydrogen-bond acceptors (Lipinski definition) is 2. The Labute approximate surface area is 91.2 Å². The standard InChI is InChI=1S/C12H18N2O/c1-9-6-5-7-13-12(10(9)2)8-14(4)11(3)15/h5,7H,6,8H2,1-4H3. The van der Waals surface area contributed by atoms with Gasteiger partial charge in [-0.25, -0.2) is 0 Å².